The summed E-state index contributed by atoms with van der Waals surface area (Å²) in [6.45, 7) is 1.95. The molecule has 0 unspecified atom stereocenters. The first-order chi connectivity index (χ1) is 9.78. The summed E-state index contributed by atoms with van der Waals surface area (Å²) in [6, 6.07) is 3.21. The summed E-state index contributed by atoms with van der Waals surface area (Å²) in [5, 5.41) is 2.57. The molecule has 0 spiro atoms. The van der Waals surface area contributed by atoms with Gasteiger partial charge in [-0.3, -0.25) is 4.79 Å². The number of carbonyl (C=O) groups excluding carboxylic acids is 1. The molecule has 0 radical (unpaired) electrons. The molecule has 7 heteroatoms. The number of hydrogen-bond acceptors (Lipinski definition) is 3. The van der Waals surface area contributed by atoms with Crippen molar-refractivity contribution in [2.45, 2.75) is 43.9 Å². The molecule has 1 aromatic carbocycles. The van der Waals surface area contributed by atoms with Gasteiger partial charge in [-0.2, -0.15) is 0 Å². The Morgan fingerprint density at radius 2 is 2.00 bits per heavy atom. The van der Waals surface area contributed by atoms with Gasteiger partial charge in [-0.05, 0) is 37.5 Å². The van der Waals surface area contributed by atoms with E-state index in [9.17, 15) is 17.6 Å². The summed E-state index contributed by atoms with van der Waals surface area (Å²) in [7, 11) is 1.17. The molecule has 21 heavy (non-hydrogen) atoms. The van der Waals surface area contributed by atoms with Crippen LogP contribution in [0.4, 0.5) is 10.1 Å². The summed E-state index contributed by atoms with van der Waals surface area (Å²) >= 11 is 0. The van der Waals surface area contributed by atoms with Crippen molar-refractivity contribution in [1.29, 1.82) is 0 Å². The predicted molar refractivity (Wildman–Crippen MR) is 79.3 cm³/mol. The Labute approximate surface area is 128 Å². The summed E-state index contributed by atoms with van der Waals surface area (Å²) < 4.78 is 36.2. The molecule has 1 aliphatic carbocycles. The zero-order valence-corrected chi connectivity index (χ0v) is 13.2. The summed E-state index contributed by atoms with van der Waals surface area (Å²) in [4.78, 5) is 12.1. The first kappa shape index (κ1) is 16.2. The minimum absolute atomic E-state index is 0.0243. The molecule has 4 nitrogen and oxygen atoms in total. The van der Waals surface area contributed by atoms with Crippen molar-refractivity contribution in [1.82, 2.24) is 0 Å². The maximum Gasteiger partial charge on any atom is 0.261 e. The van der Waals surface area contributed by atoms with E-state index in [4.69, 9.17) is 10.7 Å². The first-order valence-electron chi connectivity index (χ1n) is 6.84. The van der Waals surface area contributed by atoms with Gasteiger partial charge in [0.2, 0.25) is 5.91 Å². The second-order valence-electron chi connectivity index (χ2n) is 5.37. The lowest BCUT2D eigenvalue weighted by Gasteiger charge is -2.26. The van der Waals surface area contributed by atoms with Gasteiger partial charge < -0.3 is 5.32 Å². The lowest BCUT2D eigenvalue weighted by atomic mass is 9.82. The van der Waals surface area contributed by atoms with Crippen molar-refractivity contribution in [3.8, 4) is 0 Å². The van der Waals surface area contributed by atoms with Gasteiger partial charge in [-0.25, -0.2) is 12.8 Å². The van der Waals surface area contributed by atoms with Crippen LogP contribution in [0.15, 0.2) is 23.1 Å². The fraction of sp³-hybridized carbons (Fsp3) is 0.500. The van der Waals surface area contributed by atoms with Crippen molar-refractivity contribution >= 4 is 31.3 Å². The summed E-state index contributed by atoms with van der Waals surface area (Å²) in [5.41, 5.74) is -0.465. The maximum absolute atomic E-state index is 13.9. The molecular formula is C14H17ClFNO3S. The van der Waals surface area contributed by atoms with E-state index in [0.29, 0.717) is 6.42 Å². The zero-order chi connectivity index (χ0) is 15.7. The van der Waals surface area contributed by atoms with Crippen LogP contribution in [-0.4, -0.2) is 14.3 Å². The van der Waals surface area contributed by atoms with E-state index in [1.54, 1.807) is 0 Å². The van der Waals surface area contributed by atoms with Gasteiger partial charge in [0, 0.05) is 16.1 Å². The molecular weight excluding hydrogens is 317 g/mol. The largest absolute Gasteiger partial charge is 0.323 e. The minimum Gasteiger partial charge on any atom is -0.323 e. The summed E-state index contributed by atoms with van der Waals surface area (Å²) in [5.74, 6) is -1.02. The van der Waals surface area contributed by atoms with Crippen molar-refractivity contribution in [3.63, 3.8) is 0 Å². The van der Waals surface area contributed by atoms with E-state index < -0.39 is 20.3 Å². The van der Waals surface area contributed by atoms with Crippen LogP contribution in [0.5, 0.6) is 0 Å². The van der Waals surface area contributed by atoms with Crippen molar-refractivity contribution in [2.75, 3.05) is 5.32 Å². The minimum atomic E-state index is -3.98. The van der Waals surface area contributed by atoms with Crippen molar-refractivity contribution in [2.24, 2.45) is 5.41 Å². The average Bonchev–Trinajstić information content (AvgIpc) is 2.90. The number of halogens is 2. The number of carbonyl (C=O) groups is 1. The molecule has 1 fully saturated rings. The number of nitrogens with one attached hydrogen (secondary N) is 1. The van der Waals surface area contributed by atoms with Gasteiger partial charge in [0.15, 0.2) is 0 Å². The lowest BCUT2D eigenvalue weighted by molar-refractivity contribution is -0.125. The third-order valence-electron chi connectivity index (χ3n) is 4.19. The SMILES string of the molecule is CCC1(C(=O)Nc2ccc(S(=O)(=O)Cl)cc2F)CCCC1. The van der Waals surface area contributed by atoms with E-state index in [1.165, 1.54) is 12.1 Å². The van der Waals surface area contributed by atoms with Gasteiger partial charge in [0.25, 0.3) is 9.05 Å². The second kappa shape index (κ2) is 5.93. The fourth-order valence-electron chi connectivity index (χ4n) is 2.80. The quantitative estimate of drug-likeness (QED) is 0.855. The van der Waals surface area contributed by atoms with Gasteiger partial charge in [0.05, 0.1) is 10.6 Å². The van der Waals surface area contributed by atoms with Crippen molar-refractivity contribution in [3.05, 3.63) is 24.0 Å². The van der Waals surface area contributed by atoms with Gasteiger partial charge in [-0.15, -0.1) is 0 Å². The van der Waals surface area contributed by atoms with Crippen LogP contribution < -0.4 is 5.32 Å². The summed E-state index contributed by atoms with van der Waals surface area (Å²) in [6.07, 6.45) is 4.28. The average molecular weight is 334 g/mol. The normalized spacial score (nSPS) is 17.7. The fourth-order valence-corrected chi connectivity index (χ4v) is 3.56. The van der Waals surface area contributed by atoms with E-state index in [2.05, 4.69) is 5.32 Å². The van der Waals surface area contributed by atoms with Gasteiger partial charge >= 0.3 is 0 Å². The third kappa shape index (κ3) is 3.37. The Balaban J connectivity index is 2.22. The molecule has 0 aromatic heterocycles. The van der Waals surface area contributed by atoms with Crippen LogP contribution >= 0.6 is 10.7 Å². The molecule has 0 saturated heterocycles. The molecule has 1 aromatic rings. The molecule has 0 atom stereocenters. The molecule has 0 heterocycles. The Hall–Kier alpha value is -1.14. The van der Waals surface area contributed by atoms with Crippen LogP contribution in [0.2, 0.25) is 0 Å². The topological polar surface area (TPSA) is 63.2 Å². The Kier molecular flexibility index (Phi) is 4.58. The highest BCUT2D eigenvalue weighted by Crippen LogP contribution is 2.42. The van der Waals surface area contributed by atoms with Crippen LogP contribution in [0.25, 0.3) is 0 Å². The monoisotopic (exact) mass is 333 g/mol. The molecule has 1 aliphatic rings. The van der Waals surface area contributed by atoms with Gasteiger partial charge in [0.1, 0.15) is 5.82 Å². The van der Waals surface area contributed by atoms with E-state index in [-0.39, 0.29) is 16.5 Å². The van der Waals surface area contributed by atoms with E-state index >= 15 is 0 Å². The van der Waals surface area contributed by atoms with E-state index in [0.717, 1.165) is 31.7 Å². The number of benzene rings is 1. The van der Waals surface area contributed by atoms with Gasteiger partial charge in [-0.1, -0.05) is 19.8 Å². The smallest absolute Gasteiger partial charge is 0.261 e. The number of anilines is 1. The highest BCUT2D eigenvalue weighted by atomic mass is 35.7. The number of hydrogen-bond donors (Lipinski definition) is 1. The van der Waals surface area contributed by atoms with E-state index in [1.807, 2.05) is 6.92 Å². The van der Waals surface area contributed by atoms with Crippen molar-refractivity contribution < 1.29 is 17.6 Å². The Morgan fingerprint density at radius 1 is 1.38 bits per heavy atom. The number of amides is 1. The highest BCUT2D eigenvalue weighted by Gasteiger charge is 2.39. The molecule has 1 N–H and O–H groups in total. The van der Waals surface area contributed by atoms with Crippen LogP contribution in [0.1, 0.15) is 39.0 Å². The lowest BCUT2D eigenvalue weighted by Crippen LogP contribution is -2.33. The molecule has 0 aliphatic heterocycles. The second-order valence-corrected chi connectivity index (χ2v) is 7.94. The molecule has 1 amide bonds. The molecule has 116 valence electrons. The predicted octanol–water partition coefficient (Wildman–Crippen LogP) is 3.66. The maximum atomic E-state index is 13.9. The number of rotatable bonds is 4. The molecule has 0 bridgehead atoms. The standard InChI is InChI=1S/C14H17ClFNO3S/c1-2-14(7-3-4-8-14)13(18)17-12-6-5-10(9-11(12)16)21(15,19)20/h5-6,9H,2-4,7-8H2,1H3,(H,17,18). The molecule has 2 rings (SSSR count). The highest BCUT2D eigenvalue weighted by molar-refractivity contribution is 8.13. The zero-order valence-electron chi connectivity index (χ0n) is 11.7. The Morgan fingerprint density at radius 3 is 2.48 bits per heavy atom. The third-order valence-corrected chi connectivity index (χ3v) is 5.54. The van der Waals surface area contributed by atoms with Crippen LogP contribution in [-0.2, 0) is 13.8 Å². The van der Waals surface area contributed by atoms with Crippen LogP contribution in [0.3, 0.4) is 0 Å². The molecule has 1 saturated carbocycles. The Bertz CT molecular complexity index is 654. The first-order valence-corrected chi connectivity index (χ1v) is 9.15. The van der Waals surface area contributed by atoms with Crippen LogP contribution in [0, 0.1) is 11.2 Å².